The maximum Gasteiger partial charge on any atom is 0.269 e. The fourth-order valence-electron chi connectivity index (χ4n) is 3.14. The molecule has 5 nitrogen and oxygen atoms in total. The summed E-state index contributed by atoms with van der Waals surface area (Å²) in [6, 6.07) is 16.0. The monoisotopic (exact) mass is 423 g/mol. The van der Waals surface area contributed by atoms with Crippen molar-refractivity contribution in [1.82, 2.24) is 4.90 Å². The van der Waals surface area contributed by atoms with Gasteiger partial charge in [-0.2, -0.15) is 0 Å². The van der Waals surface area contributed by atoms with Crippen LogP contribution in [0.3, 0.4) is 0 Å². The van der Waals surface area contributed by atoms with Crippen molar-refractivity contribution in [1.29, 1.82) is 0 Å². The summed E-state index contributed by atoms with van der Waals surface area (Å²) in [5.41, 5.74) is 2.15. The quantitative estimate of drug-likeness (QED) is 0.514. The lowest BCUT2D eigenvalue weighted by Gasteiger charge is -2.15. The van der Waals surface area contributed by atoms with Gasteiger partial charge in [0.25, 0.3) is 5.91 Å². The Hall–Kier alpha value is -2.64. The third kappa shape index (κ3) is 3.80. The number of thioether (sulfide) groups is 2. The Bertz CT molecular complexity index is 1020. The Kier molecular flexibility index (Phi) is 5.69. The zero-order chi connectivity index (χ0) is 20.4. The van der Waals surface area contributed by atoms with E-state index in [1.54, 1.807) is 29.8 Å². The highest BCUT2D eigenvalue weighted by molar-refractivity contribution is 8.19. The predicted octanol–water partition coefficient (Wildman–Crippen LogP) is 4.72. The number of amidine groups is 1. The van der Waals surface area contributed by atoms with Crippen LogP contribution in [0.15, 0.2) is 81.0 Å². The van der Waals surface area contributed by atoms with Gasteiger partial charge >= 0.3 is 0 Å². The highest BCUT2D eigenvalue weighted by atomic mass is 32.2. The summed E-state index contributed by atoms with van der Waals surface area (Å²) >= 11 is 3.03. The minimum atomic E-state index is -0.0316. The van der Waals surface area contributed by atoms with Crippen molar-refractivity contribution in [2.24, 2.45) is 4.99 Å². The molecule has 0 aliphatic carbocycles. The van der Waals surface area contributed by atoms with Gasteiger partial charge in [-0.05, 0) is 29.5 Å². The second-order valence-corrected chi connectivity index (χ2v) is 8.53. The molecule has 7 heteroatoms. The van der Waals surface area contributed by atoms with Gasteiger partial charge in [-0.1, -0.05) is 48.2 Å². The van der Waals surface area contributed by atoms with Gasteiger partial charge in [0.05, 0.1) is 24.4 Å². The number of methoxy groups -OCH3 is 1. The summed E-state index contributed by atoms with van der Waals surface area (Å²) in [5, 5.41) is 1.63. The molecule has 2 aliphatic rings. The lowest BCUT2D eigenvalue weighted by Crippen LogP contribution is -2.29. The minimum absolute atomic E-state index is 0.0316. The van der Waals surface area contributed by atoms with Crippen LogP contribution in [-0.2, 0) is 11.3 Å². The molecule has 0 N–H and O–H groups in total. The van der Waals surface area contributed by atoms with E-state index in [2.05, 4.69) is 11.5 Å². The van der Waals surface area contributed by atoms with E-state index in [-0.39, 0.29) is 5.91 Å². The maximum atomic E-state index is 13.2. The van der Waals surface area contributed by atoms with Crippen LogP contribution in [0, 0.1) is 0 Å². The second-order valence-electron chi connectivity index (χ2n) is 6.52. The highest BCUT2D eigenvalue weighted by Gasteiger charge is 2.38. The normalized spacial score (nSPS) is 19.8. The largest absolute Gasteiger partial charge is 0.497 e. The summed E-state index contributed by atoms with van der Waals surface area (Å²) in [6.07, 6.45) is 1.73. The summed E-state index contributed by atoms with van der Waals surface area (Å²) in [7, 11) is 3.63. The van der Waals surface area contributed by atoms with E-state index in [9.17, 15) is 4.79 Å². The van der Waals surface area contributed by atoms with Crippen molar-refractivity contribution in [3.8, 4) is 5.75 Å². The minimum Gasteiger partial charge on any atom is -0.497 e. The highest BCUT2D eigenvalue weighted by Crippen LogP contribution is 2.50. The van der Waals surface area contributed by atoms with Crippen molar-refractivity contribution in [2.75, 3.05) is 25.6 Å². The number of carbonyl (C=O) groups excluding carboxylic acids is 1. The first-order chi connectivity index (χ1) is 14.1. The summed E-state index contributed by atoms with van der Waals surface area (Å²) in [5.74, 6) is 0.766. The number of hydrogen-bond acceptors (Lipinski definition) is 6. The average molecular weight is 424 g/mol. The molecule has 1 saturated heterocycles. The van der Waals surface area contributed by atoms with Gasteiger partial charge < -0.3 is 9.64 Å². The Morgan fingerprint density at radius 3 is 2.69 bits per heavy atom. The van der Waals surface area contributed by atoms with Gasteiger partial charge in [0, 0.05) is 24.6 Å². The molecular weight excluding hydrogens is 402 g/mol. The molecule has 2 aromatic carbocycles. The number of benzene rings is 2. The van der Waals surface area contributed by atoms with Gasteiger partial charge in [0.15, 0.2) is 5.17 Å². The molecule has 148 valence electrons. The molecule has 2 aromatic rings. The van der Waals surface area contributed by atoms with Crippen LogP contribution in [0.5, 0.6) is 5.75 Å². The fraction of sp³-hybridized carbons (Fsp3) is 0.182. The number of ether oxygens (including phenoxy) is 1. The summed E-state index contributed by atoms with van der Waals surface area (Å²) in [6.45, 7) is 4.77. The number of anilines is 1. The van der Waals surface area contributed by atoms with E-state index in [0.29, 0.717) is 23.2 Å². The SMILES string of the molecule is C=CCN1C(=O)C(=C2Sc3ccc(OC)cc3N2C)SC1=NCc1ccccc1. The lowest BCUT2D eigenvalue weighted by atomic mass is 10.2. The van der Waals surface area contributed by atoms with Crippen molar-refractivity contribution in [2.45, 2.75) is 11.4 Å². The van der Waals surface area contributed by atoms with Crippen LogP contribution in [0.4, 0.5) is 5.69 Å². The molecule has 2 heterocycles. The number of carbonyl (C=O) groups is 1. The number of rotatable bonds is 5. The molecule has 1 amide bonds. The van der Waals surface area contributed by atoms with E-state index in [1.807, 2.05) is 55.6 Å². The molecular formula is C22H21N3O2S2. The molecule has 29 heavy (non-hydrogen) atoms. The number of nitrogens with zero attached hydrogens (tertiary/aromatic N) is 3. The van der Waals surface area contributed by atoms with Crippen LogP contribution < -0.4 is 9.64 Å². The Morgan fingerprint density at radius 2 is 1.97 bits per heavy atom. The van der Waals surface area contributed by atoms with E-state index in [4.69, 9.17) is 9.73 Å². The van der Waals surface area contributed by atoms with E-state index in [1.165, 1.54) is 11.8 Å². The summed E-state index contributed by atoms with van der Waals surface area (Å²) < 4.78 is 5.35. The number of fused-ring (bicyclic) bond motifs is 1. The van der Waals surface area contributed by atoms with Crippen LogP contribution in [0.25, 0.3) is 0 Å². The van der Waals surface area contributed by atoms with Crippen LogP contribution >= 0.6 is 23.5 Å². The van der Waals surface area contributed by atoms with Crippen molar-refractivity contribution in [3.63, 3.8) is 0 Å². The van der Waals surface area contributed by atoms with Gasteiger partial charge in [-0.25, -0.2) is 0 Å². The lowest BCUT2D eigenvalue weighted by molar-refractivity contribution is -0.121. The first-order valence-corrected chi connectivity index (χ1v) is 10.8. The van der Waals surface area contributed by atoms with Gasteiger partial charge in [0.1, 0.15) is 10.7 Å². The molecule has 0 atom stereocenters. The van der Waals surface area contributed by atoms with Crippen molar-refractivity contribution >= 4 is 40.3 Å². The topological polar surface area (TPSA) is 45.1 Å². The van der Waals surface area contributed by atoms with Crippen LogP contribution in [0.1, 0.15) is 5.56 Å². The smallest absolute Gasteiger partial charge is 0.269 e. The van der Waals surface area contributed by atoms with Crippen LogP contribution in [0.2, 0.25) is 0 Å². The fourth-order valence-corrected chi connectivity index (χ4v) is 5.45. The zero-order valence-electron chi connectivity index (χ0n) is 16.3. The number of amides is 1. The zero-order valence-corrected chi connectivity index (χ0v) is 17.9. The number of aliphatic imine (C=N–C) groups is 1. The van der Waals surface area contributed by atoms with E-state index < -0.39 is 0 Å². The first-order valence-electron chi connectivity index (χ1n) is 9.15. The maximum absolute atomic E-state index is 13.2. The van der Waals surface area contributed by atoms with Gasteiger partial charge in [-0.3, -0.25) is 14.7 Å². The second kappa shape index (κ2) is 8.39. The molecule has 0 radical (unpaired) electrons. The van der Waals surface area contributed by atoms with Gasteiger partial charge in [-0.15, -0.1) is 6.58 Å². The van der Waals surface area contributed by atoms with E-state index >= 15 is 0 Å². The summed E-state index contributed by atoms with van der Waals surface area (Å²) in [4.78, 5) is 23.4. The Labute approximate surface area is 179 Å². The molecule has 0 unspecified atom stereocenters. The van der Waals surface area contributed by atoms with Crippen molar-refractivity contribution < 1.29 is 9.53 Å². The molecule has 2 aliphatic heterocycles. The third-order valence-corrected chi connectivity index (χ3v) is 7.12. The first kappa shape index (κ1) is 19.7. The average Bonchev–Trinajstić information content (AvgIpc) is 3.24. The molecule has 0 saturated carbocycles. The van der Waals surface area contributed by atoms with Crippen molar-refractivity contribution in [3.05, 3.63) is 76.7 Å². The van der Waals surface area contributed by atoms with Gasteiger partial charge in [0.2, 0.25) is 0 Å². The standard InChI is InChI=1S/C22H21N3O2S2/c1-4-12-25-20(26)19(29-22(25)23-14-15-8-6-5-7-9-15)21-24(2)17-13-16(27-3)10-11-18(17)28-21/h4-11,13H,1,12,14H2,2-3H3. The molecule has 1 fully saturated rings. The third-order valence-electron chi connectivity index (χ3n) is 4.65. The molecule has 4 rings (SSSR count). The Morgan fingerprint density at radius 1 is 1.17 bits per heavy atom. The Balaban J connectivity index is 1.66. The number of hydrogen-bond donors (Lipinski definition) is 0. The predicted molar refractivity (Wildman–Crippen MR) is 121 cm³/mol. The molecule has 0 aromatic heterocycles. The van der Waals surface area contributed by atoms with E-state index in [0.717, 1.165) is 26.9 Å². The van der Waals surface area contributed by atoms with Crippen LogP contribution in [-0.4, -0.2) is 36.7 Å². The molecule has 0 bridgehead atoms. The molecule has 0 spiro atoms.